The van der Waals surface area contributed by atoms with E-state index in [-0.39, 0.29) is 6.10 Å². The van der Waals surface area contributed by atoms with Gasteiger partial charge in [0.25, 0.3) is 0 Å². The van der Waals surface area contributed by atoms with E-state index in [9.17, 15) is 0 Å². The lowest BCUT2D eigenvalue weighted by atomic mass is 10.1. The molecule has 0 bridgehead atoms. The van der Waals surface area contributed by atoms with Crippen LogP contribution in [0.4, 0.5) is 0 Å². The number of aliphatic hydroxyl groups is 1. The molecule has 0 spiro atoms. The van der Waals surface area contributed by atoms with Crippen molar-refractivity contribution >= 4 is 22.4 Å². The van der Waals surface area contributed by atoms with Crippen LogP contribution in [0.3, 0.4) is 0 Å². The maximum absolute atomic E-state index is 9.11. The van der Waals surface area contributed by atoms with Gasteiger partial charge in [0.15, 0.2) is 0 Å². The fourth-order valence-corrected chi connectivity index (χ4v) is 2.30. The third-order valence-electron chi connectivity index (χ3n) is 3.02. The van der Waals surface area contributed by atoms with Gasteiger partial charge in [0, 0.05) is 11.9 Å². The first kappa shape index (κ1) is 15.1. The average molecular weight is 294 g/mol. The van der Waals surface area contributed by atoms with Crippen molar-refractivity contribution in [3.05, 3.63) is 41.4 Å². The van der Waals surface area contributed by atoms with E-state index in [0.717, 1.165) is 29.5 Å². The Morgan fingerprint density at radius 1 is 1.25 bits per heavy atom. The fourth-order valence-electron chi connectivity index (χ4n) is 2.02. The number of hydrogen-bond acceptors (Lipinski definition) is 3. The Bertz CT molecular complexity index is 557. The van der Waals surface area contributed by atoms with Crippen molar-refractivity contribution in [3.63, 3.8) is 0 Å². The van der Waals surface area contributed by atoms with Gasteiger partial charge in [-0.05, 0) is 31.3 Å². The first-order valence-corrected chi connectivity index (χ1v) is 7.25. The van der Waals surface area contributed by atoms with Crippen molar-refractivity contribution in [2.24, 2.45) is 0 Å². The van der Waals surface area contributed by atoms with Crippen LogP contribution in [0.1, 0.15) is 13.3 Å². The maximum atomic E-state index is 9.11. The molecule has 108 valence electrons. The van der Waals surface area contributed by atoms with Crippen molar-refractivity contribution in [1.82, 2.24) is 5.32 Å². The topological polar surface area (TPSA) is 41.5 Å². The fraction of sp³-hybridized carbons (Fsp3) is 0.375. The van der Waals surface area contributed by atoms with Gasteiger partial charge in [-0.3, -0.25) is 0 Å². The van der Waals surface area contributed by atoms with Gasteiger partial charge in [-0.15, -0.1) is 0 Å². The van der Waals surface area contributed by atoms with Crippen molar-refractivity contribution in [3.8, 4) is 5.75 Å². The van der Waals surface area contributed by atoms with Crippen LogP contribution in [0, 0.1) is 0 Å². The van der Waals surface area contributed by atoms with E-state index in [1.54, 1.807) is 6.92 Å². The summed E-state index contributed by atoms with van der Waals surface area (Å²) in [5, 5.41) is 15.1. The predicted molar refractivity (Wildman–Crippen MR) is 83.6 cm³/mol. The maximum Gasteiger partial charge on any atom is 0.138 e. The lowest BCUT2D eigenvalue weighted by molar-refractivity contribution is 0.190. The lowest BCUT2D eigenvalue weighted by Crippen LogP contribution is -2.26. The molecule has 0 unspecified atom stereocenters. The Hall–Kier alpha value is -1.29. The summed E-state index contributed by atoms with van der Waals surface area (Å²) in [5.41, 5.74) is 0. The van der Waals surface area contributed by atoms with Crippen LogP contribution in [0.15, 0.2) is 36.4 Å². The molecule has 0 saturated carbocycles. The van der Waals surface area contributed by atoms with E-state index in [1.807, 2.05) is 36.4 Å². The summed E-state index contributed by atoms with van der Waals surface area (Å²) in [5.74, 6) is 0.723. The standard InChI is InChI=1S/C16H20ClNO2/c1-12(19)11-18-9-4-10-20-15-8-7-13-5-2-3-6-14(13)16(15)17/h2-3,5-8,12,18-19H,4,9-11H2,1H3/t12-/m1/s1. The van der Waals surface area contributed by atoms with E-state index < -0.39 is 0 Å². The Kier molecular flexibility index (Phi) is 5.65. The van der Waals surface area contributed by atoms with Gasteiger partial charge in [0.2, 0.25) is 0 Å². The van der Waals surface area contributed by atoms with Gasteiger partial charge in [-0.1, -0.05) is 41.9 Å². The van der Waals surface area contributed by atoms with Gasteiger partial charge in [0.1, 0.15) is 5.75 Å². The molecule has 3 nitrogen and oxygen atoms in total. The number of aliphatic hydroxyl groups excluding tert-OH is 1. The second-order valence-electron chi connectivity index (χ2n) is 4.85. The number of halogens is 1. The van der Waals surface area contributed by atoms with E-state index in [0.29, 0.717) is 18.2 Å². The van der Waals surface area contributed by atoms with Gasteiger partial charge in [-0.2, -0.15) is 0 Å². The molecule has 20 heavy (non-hydrogen) atoms. The summed E-state index contributed by atoms with van der Waals surface area (Å²) in [6.07, 6.45) is 0.557. The Balaban J connectivity index is 1.86. The van der Waals surface area contributed by atoms with E-state index in [4.69, 9.17) is 21.4 Å². The molecule has 0 fully saturated rings. The molecule has 2 rings (SSSR count). The van der Waals surface area contributed by atoms with E-state index >= 15 is 0 Å². The van der Waals surface area contributed by atoms with Gasteiger partial charge >= 0.3 is 0 Å². The van der Waals surface area contributed by atoms with Gasteiger partial charge < -0.3 is 15.2 Å². The molecular formula is C16H20ClNO2. The highest BCUT2D eigenvalue weighted by molar-refractivity contribution is 6.37. The first-order valence-electron chi connectivity index (χ1n) is 6.87. The molecule has 4 heteroatoms. The minimum atomic E-state index is -0.314. The van der Waals surface area contributed by atoms with Crippen molar-refractivity contribution < 1.29 is 9.84 Å². The SMILES string of the molecule is C[C@@H](O)CNCCCOc1ccc2ccccc2c1Cl. The second kappa shape index (κ2) is 7.48. The minimum Gasteiger partial charge on any atom is -0.492 e. The van der Waals surface area contributed by atoms with Crippen molar-refractivity contribution in [2.45, 2.75) is 19.4 Å². The molecule has 0 aliphatic rings. The highest BCUT2D eigenvalue weighted by atomic mass is 35.5. The molecule has 0 radical (unpaired) electrons. The quantitative estimate of drug-likeness (QED) is 0.770. The highest BCUT2D eigenvalue weighted by Crippen LogP contribution is 2.32. The molecule has 2 aromatic rings. The second-order valence-corrected chi connectivity index (χ2v) is 5.23. The van der Waals surface area contributed by atoms with Crippen LogP contribution in [0.25, 0.3) is 10.8 Å². The van der Waals surface area contributed by atoms with E-state index in [1.165, 1.54) is 0 Å². The summed E-state index contributed by atoms with van der Waals surface area (Å²) in [7, 11) is 0. The zero-order valence-corrected chi connectivity index (χ0v) is 12.4. The first-order chi connectivity index (χ1) is 9.68. The number of ether oxygens (including phenoxy) is 1. The third-order valence-corrected chi connectivity index (χ3v) is 3.41. The lowest BCUT2D eigenvalue weighted by Gasteiger charge is -2.11. The molecular weight excluding hydrogens is 274 g/mol. The average Bonchev–Trinajstić information content (AvgIpc) is 2.45. The van der Waals surface area contributed by atoms with Crippen LogP contribution in [-0.4, -0.2) is 30.9 Å². The molecule has 0 saturated heterocycles. The summed E-state index contributed by atoms with van der Waals surface area (Å²) < 4.78 is 5.72. The smallest absolute Gasteiger partial charge is 0.138 e. The van der Waals surface area contributed by atoms with Crippen LogP contribution in [-0.2, 0) is 0 Å². The Labute approximate surface area is 124 Å². The number of benzene rings is 2. The number of fused-ring (bicyclic) bond motifs is 1. The van der Waals surface area contributed by atoms with Crippen molar-refractivity contribution in [1.29, 1.82) is 0 Å². The number of nitrogens with one attached hydrogen (secondary N) is 1. The molecule has 0 aliphatic heterocycles. The van der Waals surface area contributed by atoms with Gasteiger partial charge in [0.05, 0.1) is 17.7 Å². The minimum absolute atomic E-state index is 0.314. The third kappa shape index (κ3) is 4.10. The van der Waals surface area contributed by atoms with E-state index in [2.05, 4.69) is 5.32 Å². The molecule has 0 heterocycles. The largest absolute Gasteiger partial charge is 0.492 e. The number of hydrogen-bond donors (Lipinski definition) is 2. The monoisotopic (exact) mass is 293 g/mol. The van der Waals surface area contributed by atoms with Crippen LogP contribution in [0.2, 0.25) is 5.02 Å². The normalized spacial score (nSPS) is 12.6. The Morgan fingerprint density at radius 2 is 2.05 bits per heavy atom. The highest BCUT2D eigenvalue weighted by Gasteiger charge is 2.05. The van der Waals surface area contributed by atoms with Crippen molar-refractivity contribution in [2.75, 3.05) is 19.7 Å². The zero-order valence-electron chi connectivity index (χ0n) is 11.6. The zero-order chi connectivity index (χ0) is 14.4. The summed E-state index contributed by atoms with van der Waals surface area (Å²) in [6, 6.07) is 11.9. The number of rotatable bonds is 7. The summed E-state index contributed by atoms with van der Waals surface area (Å²) in [4.78, 5) is 0. The summed E-state index contributed by atoms with van der Waals surface area (Å²) >= 11 is 6.35. The Morgan fingerprint density at radius 3 is 2.85 bits per heavy atom. The van der Waals surface area contributed by atoms with Crippen LogP contribution >= 0.6 is 11.6 Å². The molecule has 0 aliphatic carbocycles. The molecule has 1 atom stereocenters. The van der Waals surface area contributed by atoms with Crippen LogP contribution in [0.5, 0.6) is 5.75 Å². The molecule has 2 N–H and O–H groups in total. The molecule has 0 aromatic heterocycles. The molecule has 2 aromatic carbocycles. The predicted octanol–water partition coefficient (Wildman–Crippen LogP) is 3.23. The van der Waals surface area contributed by atoms with Gasteiger partial charge in [-0.25, -0.2) is 0 Å². The van der Waals surface area contributed by atoms with Crippen LogP contribution < -0.4 is 10.1 Å². The summed E-state index contributed by atoms with van der Waals surface area (Å²) in [6.45, 7) is 3.79. The molecule has 0 amide bonds.